The van der Waals surface area contributed by atoms with Gasteiger partial charge in [0.05, 0.1) is 23.8 Å². The van der Waals surface area contributed by atoms with Crippen LogP contribution >= 0.6 is 0 Å². The molecule has 380 valence electrons. The molecule has 0 fully saturated rings. The molecule has 0 bridgehead atoms. The van der Waals surface area contributed by atoms with E-state index in [1.165, 1.54) is 110 Å². The number of benzene rings is 9. The lowest BCUT2D eigenvalue weighted by Gasteiger charge is -2.27. The highest BCUT2D eigenvalue weighted by Crippen LogP contribution is 2.53. The summed E-state index contributed by atoms with van der Waals surface area (Å²) in [6.45, 7) is 9.39. The fourth-order valence-electron chi connectivity index (χ4n) is 13.2. The summed E-state index contributed by atoms with van der Waals surface area (Å²) in [4.78, 5) is 22.8. The van der Waals surface area contributed by atoms with Crippen LogP contribution in [0, 0.1) is 0 Å². The maximum atomic E-state index is 4.75. The van der Waals surface area contributed by atoms with Crippen LogP contribution in [-0.4, -0.2) is 19.9 Å². The lowest BCUT2D eigenvalue weighted by Crippen LogP contribution is -2.17. The van der Waals surface area contributed by atoms with Gasteiger partial charge in [-0.15, -0.1) is 0 Å². The number of aromatic nitrogens is 4. The molecule has 0 unspecified atom stereocenters. The van der Waals surface area contributed by atoms with Gasteiger partial charge in [-0.1, -0.05) is 173 Å². The summed E-state index contributed by atoms with van der Waals surface area (Å²) in [6.07, 6.45) is 20.3. The van der Waals surface area contributed by atoms with Gasteiger partial charge in [0, 0.05) is 47.0 Å². The number of hydrogen-bond donors (Lipinski definition) is 0. The minimum Gasteiger partial charge on any atom is -0.293 e. The van der Waals surface area contributed by atoms with E-state index in [1.807, 2.05) is 85.7 Å². The molecule has 13 aromatic rings. The average Bonchev–Trinajstić information content (AvgIpc) is 3.68. The van der Waals surface area contributed by atoms with E-state index >= 15 is 0 Å². The summed E-state index contributed by atoms with van der Waals surface area (Å²) in [5.74, 6) is 1.70. The highest BCUT2D eigenvalue weighted by Gasteiger charge is 2.38. The Labute approximate surface area is 465 Å². The van der Waals surface area contributed by atoms with E-state index in [9.17, 15) is 0 Å². The zero-order valence-electron chi connectivity index (χ0n) is 44.9. The van der Waals surface area contributed by atoms with Gasteiger partial charge in [0.25, 0.3) is 0 Å². The summed E-state index contributed by atoms with van der Waals surface area (Å²) in [5, 5.41) is 10.2. The molecule has 0 saturated heterocycles. The third-order valence-electron chi connectivity index (χ3n) is 17.1. The Morgan fingerprint density at radius 3 is 1.15 bits per heavy atom. The van der Waals surface area contributed by atoms with Gasteiger partial charge in [-0.05, 0) is 183 Å². The van der Waals surface area contributed by atoms with Gasteiger partial charge in [-0.25, -0.2) is 9.97 Å². The van der Waals surface area contributed by atoms with Crippen molar-refractivity contribution in [2.45, 2.75) is 38.5 Å². The molecule has 2 aliphatic rings. The van der Waals surface area contributed by atoms with Crippen molar-refractivity contribution < 1.29 is 0 Å². The van der Waals surface area contributed by atoms with E-state index in [0.717, 1.165) is 34.4 Å². The number of rotatable bonds is 10. The van der Waals surface area contributed by atoms with Crippen LogP contribution in [0.15, 0.2) is 231 Å². The van der Waals surface area contributed by atoms with E-state index in [2.05, 4.69) is 217 Å². The van der Waals surface area contributed by atoms with Crippen LogP contribution in [0.25, 0.3) is 89.6 Å². The Morgan fingerprint density at radius 2 is 0.738 bits per heavy atom. The van der Waals surface area contributed by atoms with Crippen molar-refractivity contribution >= 4 is 102 Å². The van der Waals surface area contributed by atoms with Crippen LogP contribution in [-0.2, 0) is 10.8 Å². The van der Waals surface area contributed by atoms with Crippen LogP contribution in [0.1, 0.15) is 72.2 Å². The van der Waals surface area contributed by atoms with Gasteiger partial charge < -0.3 is 0 Å². The second kappa shape index (κ2) is 18.3. The SMILES string of the molecule is CC1(C)c2cc(C=Cc3ccc4c5cccc6c(C=Cc7ccc8c(c7)C(C)(C)c7cc(N(c9cccnc9)c9ccccn9)ccc7-8)ccc(c7cccc3c74)c65)ccc2-c2ccc(N(c3cccnc3)c3ccccn3)cc21. The summed E-state index contributed by atoms with van der Waals surface area (Å²) < 4.78 is 0. The van der Waals surface area contributed by atoms with Crippen LogP contribution in [0.3, 0.4) is 0 Å². The molecule has 0 spiro atoms. The smallest absolute Gasteiger partial charge is 0.137 e. The van der Waals surface area contributed by atoms with Gasteiger partial charge in [-0.3, -0.25) is 19.8 Å². The summed E-state index contributed by atoms with van der Waals surface area (Å²) in [5.41, 5.74) is 18.8. The number of anilines is 6. The molecule has 0 atom stereocenters. The van der Waals surface area contributed by atoms with E-state index in [-0.39, 0.29) is 10.8 Å². The second-order valence-corrected chi connectivity index (χ2v) is 22.3. The molecule has 9 aromatic carbocycles. The molecular formula is C74H54N6. The highest BCUT2D eigenvalue weighted by atomic mass is 15.2. The first-order valence-electron chi connectivity index (χ1n) is 27.5. The number of fused-ring (bicyclic) bond motifs is 8. The van der Waals surface area contributed by atoms with E-state index in [1.54, 1.807) is 0 Å². The van der Waals surface area contributed by atoms with E-state index in [0.29, 0.717) is 0 Å². The first-order valence-corrected chi connectivity index (χ1v) is 27.5. The van der Waals surface area contributed by atoms with E-state index in [4.69, 9.17) is 9.97 Å². The van der Waals surface area contributed by atoms with Crippen molar-refractivity contribution in [3.63, 3.8) is 0 Å². The topological polar surface area (TPSA) is 58.0 Å². The Hall–Kier alpha value is -10.0. The van der Waals surface area contributed by atoms with Crippen molar-refractivity contribution in [2.75, 3.05) is 9.80 Å². The Bertz CT molecular complexity index is 4250. The lowest BCUT2D eigenvalue weighted by atomic mass is 9.81. The van der Waals surface area contributed by atoms with Crippen LogP contribution in [0.5, 0.6) is 0 Å². The molecule has 0 radical (unpaired) electrons. The maximum Gasteiger partial charge on any atom is 0.137 e. The highest BCUT2D eigenvalue weighted by molar-refractivity contribution is 6.34. The number of hydrogen-bond acceptors (Lipinski definition) is 6. The van der Waals surface area contributed by atoms with Gasteiger partial charge in [0.15, 0.2) is 0 Å². The fourth-order valence-corrected chi connectivity index (χ4v) is 13.2. The van der Waals surface area contributed by atoms with Gasteiger partial charge in [-0.2, -0.15) is 0 Å². The molecule has 4 heterocycles. The molecule has 6 nitrogen and oxygen atoms in total. The summed E-state index contributed by atoms with van der Waals surface area (Å²) >= 11 is 0. The Kier molecular flexibility index (Phi) is 10.8. The van der Waals surface area contributed by atoms with Crippen molar-refractivity contribution in [3.05, 3.63) is 276 Å². The molecule has 0 N–H and O–H groups in total. The summed E-state index contributed by atoms with van der Waals surface area (Å²) in [7, 11) is 0. The van der Waals surface area contributed by atoms with Crippen molar-refractivity contribution in [3.8, 4) is 22.3 Å². The van der Waals surface area contributed by atoms with Crippen LogP contribution < -0.4 is 9.80 Å². The third-order valence-corrected chi connectivity index (χ3v) is 17.1. The molecular weight excluding hydrogens is 973 g/mol. The fraction of sp³-hybridized carbons (Fsp3) is 0.0811. The predicted octanol–water partition coefficient (Wildman–Crippen LogP) is 19.2. The number of pyridine rings is 4. The summed E-state index contributed by atoms with van der Waals surface area (Å²) in [6, 6.07) is 70.7. The zero-order chi connectivity index (χ0) is 53.7. The third kappa shape index (κ3) is 7.47. The van der Waals surface area contributed by atoms with Crippen molar-refractivity contribution in [1.29, 1.82) is 0 Å². The second-order valence-electron chi connectivity index (χ2n) is 22.3. The minimum absolute atomic E-state index is 0.218. The molecule has 0 aliphatic heterocycles. The standard InChI is InChI=1S/C74H54N6/c1-73(2)65-41-47(23-31-57(65)59-35-29-51(43-67(59)73)79(53-13-11-37-75-45-53)69-19-5-7-39-77-69)21-25-49-27-33-63-62-18-10-16-56-50(28-34-64(72(56)62)61-17-9-15-55(49)71(61)63)26-22-48-24-32-58-60-36-30-52(44-68(60)74(3,4)66(58)42-48)80(54-14-12-38-76-46-54)70-20-6-8-40-78-70/h5-46H,1-4H3. The molecule has 15 rings (SSSR count). The van der Waals surface area contributed by atoms with E-state index < -0.39 is 0 Å². The predicted molar refractivity (Wildman–Crippen MR) is 334 cm³/mol. The molecule has 0 amide bonds. The molecule has 2 aliphatic carbocycles. The van der Waals surface area contributed by atoms with Crippen molar-refractivity contribution in [2.24, 2.45) is 0 Å². The number of nitrogens with zero attached hydrogens (tertiary/aromatic N) is 6. The van der Waals surface area contributed by atoms with Gasteiger partial charge in [0.2, 0.25) is 0 Å². The minimum atomic E-state index is -0.218. The molecule has 6 heteroatoms. The lowest BCUT2D eigenvalue weighted by molar-refractivity contribution is 0.660. The largest absolute Gasteiger partial charge is 0.293 e. The van der Waals surface area contributed by atoms with Gasteiger partial charge in [0.1, 0.15) is 11.6 Å². The Balaban J connectivity index is 0.728. The van der Waals surface area contributed by atoms with Gasteiger partial charge >= 0.3 is 0 Å². The molecule has 80 heavy (non-hydrogen) atoms. The van der Waals surface area contributed by atoms with Crippen molar-refractivity contribution in [1.82, 2.24) is 19.9 Å². The molecule has 4 aromatic heterocycles. The van der Waals surface area contributed by atoms with Crippen LogP contribution in [0.2, 0.25) is 0 Å². The molecule has 0 saturated carbocycles. The first-order chi connectivity index (χ1) is 39.2. The average molecular weight is 1030 g/mol. The first kappa shape index (κ1) is 47.2. The zero-order valence-corrected chi connectivity index (χ0v) is 44.9. The normalized spacial score (nSPS) is 13.8. The van der Waals surface area contributed by atoms with Crippen LogP contribution in [0.4, 0.5) is 34.4 Å². The quantitative estimate of drug-likeness (QED) is 0.0773. The monoisotopic (exact) mass is 1030 g/mol. The Morgan fingerprint density at radius 1 is 0.325 bits per heavy atom. The maximum absolute atomic E-state index is 4.75.